The fourth-order valence-corrected chi connectivity index (χ4v) is 3.38. The fourth-order valence-electron chi connectivity index (χ4n) is 2.87. The summed E-state index contributed by atoms with van der Waals surface area (Å²) in [5.74, 6) is 0.632. The number of carbonyl (C=O) groups excluding carboxylic acids is 2. The molecule has 0 fully saturated rings. The number of thiocarbonyl (C=S) groups is 1. The summed E-state index contributed by atoms with van der Waals surface area (Å²) in [6.45, 7) is 7.35. The molecule has 2 aromatic rings. The smallest absolute Gasteiger partial charge is 0.269 e. The quantitative estimate of drug-likeness (QED) is 0.198. The molecule has 0 aliphatic carbocycles. The van der Waals surface area contributed by atoms with Gasteiger partial charge in [-0.2, -0.15) is 0 Å². The van der Waals surface area contributed by atoms with E-state index in [-0.39, 0.29) is 5.11 Å². The minimum atomic E-state index is -0.452. The summed E-state index contributed by atoms with van der Waals surface area (Å²) >= 11 is 8.51. The third-order valence-corrected chi connectivity index (χ3v) is 5.36. The molecule has 34 heavy (non-hydrogen) atoms. The Morgan fingerprint density at radius 3 is 2.38 bits per heavy atom. The normalized spacial score (nSPS) is 10.5. The predicted octanol–water partition coefficient (Wildman–Crippen LogP) is 5.39. The Labute approximate surface area is 215 Å². The zero-order chi connectivity index (χ0) is 24.9. The van der Waals surface area contributed by atoms with Crippen molar-refractivity contribution in [2.45, 2.75) is 46.5 Å². The van der Waals surface area contributed by atoms with Crippen molar-refractivity contribution in [1.29, 1.82) is 0 Å². The number of unbranched alkanes of at least 4 members (excludes halogenated alkanes) is 3. The second-order valence-electron chi connectivity index (χ2n) is 8.14. The van der Waals surface area contributed by atoms with E-state index in [0.29, 0.717) is 41.8 Å². The van der Waals surface area contributed by atoms with Crippen LogP contribution in [0.15, 0.2) is 46.9 Å². The number of rotatable bonds is 11. The molecular formula is C25H32BrN3O4S. The molecule has 3 N–H and O–H groups in total. The molecule has 0 unspecified atom stereocenters. The molecule has 0 aliphatic rings. The lowest BCUT2D eigenvalue weighted by molar-refractivity contribution is 0.0933. The van der Waals surface area contributed by atoms with Crippen molar-refractivity contribution in [1.82, 2.24) is 16.2 Å². The topological polar surface area (TPSA) is 88.7 Å². The van der Waals surface area contributed by atoms with Crippen LogP contribution in [0.5, 0.6) is 11.5 Å². The number of nitrogens with one attached hydrogen (secondary N) is 3. The summed E-state index contributed by atoms with van der Waals surface area (Å²) in [4.78, 5) is 25.1. The van der Waals surface area contributed by atoms with E-state index in [4.69, 9.17) is 21.7 Å². The maximum atomic E-state index is 12.7. The first-order valence-electron chi connectivity index (χ1n) is 11.4. The predicted molar refractivity (Wildman–Crippen MR) is 141 cm³/mol. The number of hydrogen-bond acceptors (Lipinski definition) is 5. The van der Waals surface area contributed by atoms with Crippen LogP contribution in [0.3, 0.4) is 0 Å². The van der Waals surface area contributed by atoms with Crippen LogP contribution < -0.4 is 25.6 Å². The van der Waals surface area contributed by atoms with Crippen molar-refractivity contribution >= 4 is 45.1 Å². The first kappa shape index (κ1) is 27.6. The van der Waals surface area contributed by atoms with E-state index in [9.17, 15) is 9.59 Å². The summed E-state index contributed by atoms with van der Waals surface area (Å²) in [5, 5.41) is 2.51. The summed E-state index contributed by atoms with van der Waals surface area (Å²) in [6.07, 6.45) is 4.54. The molecule has 0 aliphatic heterocycles. The van der Waals surface area contributed by atoms with Gasteiger partial charge in [-0.25, -0.2) is 0 Å². The third-order valence-electron chi connectivity index (χ3n) is 4.66. The average Bonchev–Trinajstić information content (AvgIpc) is 2.81. The first-order chi connectivity index (χ1) is 16.3. The van der Waals surface area contributed by atoms with Crippen molar-refractivity contribution in [3.05, 3.63) is 58.1 Å². The van der Waals surface area contributed by atoms with Gasteiger partial charge in [0.2, 0.25) is 0 Å². The van der Waals surface area contributed by atoms with Gasteiger partial charge in [0.25, 0.3) is 11.8 Å². The monoisotopic (exact) mass is 549 g/mol. The number of ether oxygens (including phenoxy) is 2. The lowest BCUT2D eigenvalue weighted by Gasteiger charge is -2.15. The van der Waals surface area contributed by atoms with Crippen LogP contribution in [0, 0.1) is 5.92 Å². The second kappa shape index (κ2) is 14.6. The first-order valence-corrected chi connectivity index (χ1v) is 12.6. The number of halogens is 1. The van der Waals surface area contributed by atoms with Crippen LogP contribution in [-0.4, -0.2) is 30.1 Å². The van der Waals surface area contributed by atoms with Crippen molar-refractivity contribution in [2.24, 2.45) is 5.92 Å². The maximum Gasteiger partial charge on any atom is 0.269 e. The Bertz CT molecular complexity index is 967. The van der Waals surface area contributed by atoms with Crippen molar-refractivity contribution in [2.75, 3.05) is 13.2 Å². The van der Waals surface area contributed by atoms with E-state index in [1.54, 1.807) is 42.5 Å². The lowest BCUT2D eigenvalue weighted by Crippen LogP contribution is -2.48. The molecule has 9 heteroatoms. The van der Waals surface area contributed by atoms with Gasteiger partial charge in [0.1, 0.15) is 11.5 Å². The van der Waals surface area contributed by atoms with Gasteiger partial charge in [-0.15, -0.1) is 0 Å². The molecule has 0 atom stereocenters. The zero-order valence-electron chi connectivity index (χ0n) is 19.8. The van der Waals surface area contributed by atoms with Gasteiger partial charge in [-0.3, -0.25) is 25.8 Å². The molecular weight excluding hydrogens is 518 g/mol. The number of hydrogen-bond donors (Lipinski definition) is 3. The Morgan fingerprint density at radius 1 is 0.971 bits per heavy atom. The van der Waals surface area contributed by atoms with E-state index in [2.05, 4.69) is 39.0 Å². The highest BCUT2D eigenvalue weighted by atomic mass is 79.9. The van der Waals surface area contributed by atoms with Crippen LogP contribution in [0.2, 0.25) is 0 Å². The highest BCUT2D eigenvalue weighted by Crippen LogP contribution is 2.24. The molecule has 2 amide bonds. The number of hydrazine groups is 1. The third kappa shape index (κ3) is 9.69. The molecule has 2 rings (SSSR count). The summed E-state index contributed by atoms with van der Waals surface area (Å²) in [6, 6.07) is 12.0. The standard InChI is InChI=1S/C25H32BrN3O4S/c1-4-5-6-7-14-32-20-11-8-18(9-12-20)23(30)28-29-25(34)27-24(31)21-15-19(26)10-13-22(21)33-16-17(2)3/h8-13,15,17H,4-7,14,16H2,1-3H3,(H,28,30)(H2,27,29,31,34). The Kier molecular flexibility index (Phi) is 11.8. The molecule has 184 valence electrons. The van der Waals surface area contributed by atoms with Crippen molar-refractivity contribution in [3.63, 3.8) is 0 Å². The molecule has 0 radical (unpaired) electrons. The van der Waals surface area contributed by atoms with Crippen LogP contribution in [-0.2, 0) is 0 Å². The van der Waals surface area contributed by atoms with Crippen LogP contribution in [0.25, 0.3) is 0 Å². The second-order valence-corrected chi connectivity index (χ2v) is 9.47. The largest absolute Gasteiger partial charge is 0.494 e. The van der Waals surface area contributed by atoms with Gasteiger partial charge in [-0.1, -0.05) is 56.0 Å². The van der Waals surface area contributed by atoms with Crippen LogP contribution in [0.1, 0.15) is 67.2 Å². The van der Waals surface area contributed by atoms with E-state index < -0.39 is 11.8 Å². The Hall–Kier alpha value is -2.65. The van der Waals surface area contributed by atoms with Crippen LogP contribution in [0.4, 0.5) is 0 Å². The van der Waals surface area contributed by atoms with Gasteiger partial charge in [0.15, 0.2) is 5.11 Å². The summed E-state index contributed by atoms with van der Waals surface area (Å²) < 4.78 is 12.2. The Morgan fingerprint density at radius 2 is 1.71 bits per heavy atom. The molecule has 0 heterocycles. The number of benzene rings is 2. The number of amides is 2. The highest BCUT2D eigenvalue weighted by Gasteiger charge is 2.16. The van der Waals surface area contributed by atoms with Gasteiger partial charge in [0, 0.05) is 10.0 Å². The van der Waals surface area contributed by atoms with Gasteiger partial charge < -0.3 is 9.47 Å². The fraction of sp³-hybridized carbons (Fsp3) is 0.400. The van der Waals surface area contributed by atoms with Gasteiger partial charge >= 0.3 is 0 Å². The molecule has 0 saturated carbocycles. The summed E-state index contributed by atoms with van der Waals surface area (Å²) in [7, 11) is 0. The van der Waals surface area contributed by atoms with Gasteiger partial charge in [0.05, 0.1) is 18.8 Å². The van der Waals surface area contributed by atoms with E-state index >= 15 is 0 Å². The van der Waals surface area contributed by atoms with E-state index in [1.165, 1.54) is 12.8 Å². The van der Waals surface area contributed by atoms with Crippen molar-refractivity contribution < 1.29 is 19.1 Å². The SMILES string of the molecule is CCCCCCOc1ccc(C(=O)NNC(=S)NC(=O)c2cc(Br)ccc2OCC(C)C)cc1. The minimum absolute atomic E-state index is 0.0415. The average molecular weight is 551 g/mol. The lowest BCUT2D eigenvalue weighted by atomic mass is 10.2. The van der Waals surface area contributed by atoms with E-state index in [1.807, 2.05) is 13.8 Å². The molecule has 0 bridgehead atoms. The van der Waals surface area contributed by atoms with E-state index in [0.717, 1.165) is 17.3 Å². The van der Waals surface area contributed by atoms with Gasteiger partial charge in [-0.05, 0) is 67.0 Å². The minimum Gasteiger partial charge on any atom is -0.494 e. The van der Waals surface area contributed by atoms with Crippen LogP contribution >= 0.6 is 28.1 Å². The molecule has 2 aromatic carbocycles. The zero-order valence-corrected chi connectivity index (χ0v) is 22.2. The maximum absolute atomic E-state index is 12.7. The molecule has 0 aromatic heterocycles. The molecule has 7 nitrogen and oxygen atoms in total. The number of carbonyl (C=O) groups is 2. The molecule has 0 spiro atoms. The highest BCUT2D eigenvalue weighted by molar-refractivity contribution is 9.10. The van der Waals surface area contributed by atoms with Crippen molar-refractivity contribution in [3.8, 4) is 11.5 Å². The molecule has 0 saturated heterocycles. The summed E-state index contributed by atoms with van der Waals surface area (Å²) in [5.41, 5.74) is 5.79. The Balaban J connectivity index is 1.84.